The lowest BCUT2D eigenvalue weighted by molar-refractivity contribution is 0.239. The van der Waals surface area contributed by atoms with Crippen molar-refractivity contribution in [1.29, 1.82) is 0 Å². The van der Waals surface area contributed by atoms with Gasteiger partial charge in [0.15, 0.2) is 0 Å². The summed E-state index contributed by atoms with van der Waals surface area (Å²) in [6.45, 7) is 5.07. The summed E-state index contributed by atoms with van der Waals surface area (Å²) in [6.07, 6.45) is 1.71. The summed E-state index contributed by atoms with van der Waals surface area (Å²) in [7, 11) is 1.85. The second kappa shape index (κ2) is 6.51. The summed E-state index contributed by atoms with van der Waals surface area (Å²) in [5.41, 5.74) is 1.99. The molecule has 0 saturated carbocycles. The Morgan fingerprint density at radius 1 is 1.50 bits per heavy atom. The maximum absolute atomic E-state index is 11.7. The third-order valence-corrected chi connectivity index (χ3v) is 4.17. The number of aromatic nitrogens is 3. The summed E-state index contributed by atoms with van der Waals surface area (Å²) in [6, 6.07) is 1.70. The fourth-order valence-electron chi connectivity index (χ4n) is 1.74. The number of rotatable bonds is 5. The SMILES string of the molecule is Cc1csc([C@@H](C)CNC(=O)NCc2ccnn2C)n1. The Labute approximate surface area is 122 Å². The molecule has 0 aromatic carbocycles. The second-order valence-electron chi connectivity index (χ2n) is 4.74. The highest BCUT2D eigenvalue weighted by Gasteiger charge is 2.11. The molecule has 2 N–H and O–H groups in total. The molecule has 2 amide bonds. The number of hydrogen-bond donors (Lipinski definition) is 2. The van der Waals surface area contributed by atoms with Crippen molar-refractivity contribution in [3.8, 4) is 0 Å². The second-order valence-corrected chi connectivity index (χ2v) is 5.63. The summed E-state index contributed by atoms with van der Waals surface area (Å²) in [5.74, 6) is 0.219. The number of nitrogens with zero attached hydrogens (tertiary/aromatic N) is 3. The van der Waals surface area contributed by atoms with E-state index in [4.69, 9.17) is 0 Å². The molecule has 0 saturated heterocycles. The maximum Gasteiger partial charge on any atom is 0.315 e. The molecule has 20 heavy (non-hydrogen) atoms. The van der Waals surface area contributed by atoms with Gasteiger partial charge in [0, 0.05) is 36.8 Å². The molecule has 7 heteroatoms. The molecule has 2 rings (SSSR count). The van der Waals surface area contributed by atoms with Crippen LogP contribution in [-0.4, -0.2) is 27.3 Å². The number of thiazole rings is 1. The fraction of sp³-hybridized carbons (Fsp3) is 0.462. The van der Waals surface area contributed by atoms with Crippen molar-refractivity contribution in [1.82, 2.24) is 25.4 Å². The topological polar surface area (TPSA) is 71.8 Å². The zero-order chi connectivity index (χ0) is 14.5. The van der Waals surface area contributed by atoms with E-state index in [2.05, 4.69) is 27.6 Å². The van der Waals surface area contributed by atoms with Crippen LogP contribution in [0.1, 0.15) is 29.2 Å². The number of aryl methyl sites for hydroxylation is 2. The molecule has 6 nitrogen and oxygen atoms in total. The first kappa shape index (κ1) is 14.5. The van der Waals surface area contributed by atoms with Crippen molar-refractivity contribution in [2.75, 3.05) is 6.54 Å². The normalized spacial score (nSPS) is 12.2. The summed E-state index contributed by atoms with van der Waals surface area (Å²) < 4.78 is 1.74. The van der Waals surface area contributed by atoms with Crippen LogP contribution in [0.5, 0.6) is 0 Å². The molecule has 2 aromatic heterocycles. The Morgan fingerprint density at radius 2 is 2.30 bits per heavy atom. The standard InChI is InChI=1S/C13H19N5OS/c1-9(12-17-10(2)8-20-12)6-14-13(19)15-7-11-4-5-16-18(11)3/h4-5,8-9H,6-7H2,1-3H3,(H2,14,15,19)/t9-/m0/s1. The van der Waals surface area contributed by atoms with E-state index >= 15 is 0 Å². The van der Waals surface area contributed by atoms with Crippen molar-refractivity contribution in [2.24, 2.45) is 7.05 Å². The Kier molecular flexibility index (Phi) is 4.73. The molecule has 0 fully saturated rings. The minimum atomic E-state index is -0.175. The Balaban J connectivity index is 1.74. The molecule has 1 atom stereocenters. The quantitative estimate of drug-likeness (QED) is 0.883. The van der Waals surface area contributed by atoms with Crippen LogP contribution in [0.4, 0.5) is 4.79 Å². The number of carbonyl (C=O) groups excluding carboxylic acids is 1. The molecule has 0 radical (unpaired) electrons. The van der Waals surface area contributed by atoms with Crippen LogP contribution in [-0.2, 0) is 13.6 Å². The Bertz CT molecular complexity index is 577. The van der Waals surface area contributed by atoms with Gasteiger partial charge in [-0.3, -0.25) is 4.68 Å². The van der Waals surface area contributed by atoms with Crippen LogP contribution < -0.4 is 10.6 Å². The zero-order valence-corrected chi connectivity index (χ0v) is 12.7. The van der Waals surface area contributed by atoms with Gasteiger partial charge in [0.25, 0.3) is 0 Å². The number of hydrogen-bond acceptors (Lipinski definition) is 4. The molecule has 0 bridgehead atoms. The van der Waals surface area contributed by atoms with E-state index in [1.54, 1.807) is 22.2 Å². The number of carbonyl (C=O) groups is 1. The Morgan fingerprint density at radius 3 is 2.90 bits per heavy atom. The van der Waals surface area contributed by atoms with Gasteiger partial charge in [-0.2, -0.15) is 5.10 Å². The minimum Gasteiger partial charge on any atom is -0.337 e. The number of urea groups is 1. The lowest BCUT2D eigenvalue weighted by atomic mass is 10.2. The van der Waals surface area contributed by atoms with Gasteiger partial charge in [-0.1, -0.05) is 6.92 Å². The van der Waals surface area contributed by atoms with Crippen molar-refractivity contribution in [3.05, 3.63) is 34.0 Å². The van der Waals surface area contributed by atoms with E-state index in [1.807, 2.05) is 25.4 Å². The van der Waals surface area contributed by atoms with E-state index in [0.717, 1.165) is 16.4 Å². The van der Waals surface area contributed by atoms with Crippen LogP contribution in [0.25, 0.3) is 0 Å². The lowest BCUT2D eigenvalue weighted by Crippen LogP contribution is -2.37. The van der Waals surface area contributed by atoms with Gasteiger partial charge < -0.3 is 10.6 Å². The predicted octanol–water partition coefficient (Wildman–Crippen LogP) is 1.79. The monoisotopic (exact) mass is 293 g/mol. The van der Waals surface area contributed by atoms with Crippen LogP contribution in [0, 0.1) is 6.92 Å². The molecule has 108 valence electrons. The van der Waals surface area contributed by atoms with Crippen LogP contribution >= 0.6 is 11.3 Å². The van der Waals surface area contributed by atoms with Crippen molar-refractivity contribution >= 4 is 17.4 Å². The third-order valence-electron chi connectivity index (χ3n) is 2.98. The Hall–Kier alpha value is -1.89. The number of amides is 2. The van der Waals surface area contributed by atoms with Crippen LogP contribution in [0.2, 0.25) is 0 Å². The van der Waals surface area contributed by atoms with Gasteiger partial charge in [0.05, 0.1) is 17.2 Å². The number of nitrogens with one attached hydrogen (secondary N) is 2. The van der Waals surface area contributed by atoms with E-state index in [-0.39, 0.29) is 11.9 Å². The summed E-state index contributed by atoms with van der Waals surface area (Å²) >= 11 is 1.63. The first-order valence-electron chi connectivity index (χ1n) is 6.47. The molecule has 0 aliphatic carbocycles. The zero-order valence-electron chi connectivity index (χ0n) is 11.9. The van der Waals surface area contributed by atoms with Crippen LogP contribution in [0.15, 0.2) is 17.6 Å². The van der Waals surface area contributed by atoms with Gasteiger partial charge in [-0.25, -0.2) is 9.78 Å². The molecule has 0 unspecified atom stereocenters. The summed E-state index contributed by atoms with van der Waals surface area (Å²) in [5, 5.41) is 12.8. The van der Waals surface area contributed by atoms with Crippen LogP contribution in [0.3, 0.4) is 0 Å². The molecular weight excluding hydrogens is 274 g/mol. The predicted molar refractivity (Wildman–Crippen MR) is 78.7 cm³/mol. The van der Waals surface area contributed by atoms with E-state index in [9.17, 15) is 4.79 Å². The van der Waals surface area contributed by atoms with Crippen molar-refractivity contribution < 1.29 is 4.79 Å². The van der Waals surface area contributed by atoms with Gasteiger partial charge in [-0.05, 0) is 13.0 Å². The highest BCUT2D eigenvalue weighted by Crippen LogP contribution is 2.18. The molecule has 2 heterocycles. The smallest absolute Gasteiger partial charge is 0.315 e. The average molecular weight is 293 g/mol. The van der Waals surface area contributed by atoms with Gasteiger partial charge in [0.2, 0.25) is 0 Å². The largest absolute Gasteiger partial charge is 0.337 e. The first-order valence-corrected chi connectivity index (χ1v) is 7.35. The average Bonchev–Trinajstić information content (AvgIpc) is 3.02. The van der Waals surface area contributed by atoms with Gasteiger partial charge >= 0.3 is 6.03 Å². The highest BCUT2D eigenvalue weighted by atomic mass is 32.1. The van der Waals surface area contributed by atoms with Crippen molar-refractivity contribution in [3.63, 3.8) is 0 Å². The molecule has 0 aliphatic rings. The van der Waals surface area contributed by atoms with E-state index in [1.165, 1.54) is 0 Å². The molecule has 0 spiro atoms. The lowest BCUT2D eigenvalue weighted by Gasteiger charge is -2.11. The van der Waals surface area contributed by atoms with E-state index < -0.39 is 0 Å². The maximum atomic E-state index is 11.7. The van der Waals surface area contributed by atoms with Crippen molar-refractivity contribution in [2.45, 2.75) is 26.3 Å². The molecular formula is C13H19N5OS. The molecule has 2 aromatic rings. The van der Waals surface area contributed by atoms with Gasteiger partial charge in [-0.15, -0.1) is 11.3 Å². The van der Waals surface area contributed by atoms with E-state index in [0.29, 0.717) is 13.1 Å². The fourth-order valence-corrected chi connectivity index (χ4v) is 2.60. The minimum absolute atomic E-state index is 0.175. The first-order chi connectivity index (χ1) is 9.56. The molecule has 0 aliphatic heterocycles. The third kappa shape index (κ3) is 3.80. The highest BCUT2D eigenvalue weighted by molar-refractivity contribution is 7.09. The summed E-state index contributed by atoms with van der Waals surface area (Å²) in [4.78, 5) is 16.1. The van der Waals surface area contributed by atoms with Gasteiger partial charge in [0.1, 0.15) is 0 Å².